The molecule has 1 fully saturated rings. The number of nitrogens with one attached hydrogen (secondary N) is 1. The van der Waals surface area contributed by atoms with Gasteiger partial charge in [-0.15, -0.1) is 0 Å². The lowest BCUT2D eigenvalue weighted by Crippen LogP contribution is -2.44. The minimum Gasteiger partial charge on any atom is -0.376 e. The predicted molar refractivity (Wildman–Crippen MR) is 73.3 cm³/mol. The summed E-state index contributed by atoms with van der Waals surface area (Å²) < 4.78 is 0. The molecular weight excluding hydrogens is 224 g/mol. The van der Waals surface area contributed by atoms with Crippen LogP contribution in [0.5, 0.6) is 0 Å². The summed E-state index contributed by atoms with van der Waals surface area (Å²) in [6.45, 7) is 2.83. The molecule has 0 amide bonds. The van der Waals surface area contributed by atoms with E-state index in [1.807, 2.05) is 18.2 Å². The summed E-state index contributed by atoms with van der Waals surface area (Å²) in [6.07, 6.45) is 4.31. The van der Waals surface area contributed by atoms with Crippen molar-refractivity contribution in [1.29, 1.82) is 0 Å². The van der Waals surface area contributed by atoms with Crippen molar-refractivity contribution < 1.29 is 0 Å². The first kappa shape index (κ1) is 11.4. The van der Waals surface area contributed by atoms with Crippen molar-refractivity contribution in [3.63, 3.8) is 0 Å². The normalized spacial score (nSPS) is 18.6. The fourth-order valence-corrected chi connectivity index (χ4v) is 2.45. The molecule has 4 nitrogen and oxygen atoms in total. The number of hydrogen-bond acceptors (Lipinski definition) is 4. The van der Waals surface area contributed by atoms with Gasteiger partial charge in [0.2, 0.25) is 0 Å². The molecule has 3 rings (SSSR count). The lowest BCUT2D eigenvalue weighted by Gasteiger charge is -2.31. The van der Waals surface area contributed by atoms with Crippen molar-refractivity contribution in [3.8, 4) is 0 Å². The lowest BCUT2D eigenvalue weighted by molar-refractivity contribution is 0.460. The van der Waals surface area contributed by atoms with Gasteiger partial charge in [0, 0.05) is 17.5 Å². The quantitative estimate of drug-likeness (QED) is 0.862. The Morgan fingerprint density at radius 1 is 1.39 bits per heavy atom. The zero-order valence-corrected chi connectivity index (χ0v) is 10.6. The van der Waals surface area contributed by atoms with E-state index in [1.165, 1.54) is 12.8 Å². The van der Waals surface area contributed by atoms with Gasteiger partial charge in [0.15, 0.2) is 0 Å². The molecule has 1 aliphatic rings. The van der Waals surface area contributed by atoms with Gasteiger partial charge in [-0.25, -0.2) is 0 Å². The van der Waals surface area contributed by atoms with Crippen molar-refractivity contribution >= 4 is 16.6 Å². The van der Waals surface area contributed by atoms with Gasteiger partial charge >= 0.3 is 0 Å². The molecule has 0 spiro atoms. The molecule has 1 atom stereocenters. The maximum absolute atomic E-state index is 5.94. The van der Waals surface area contributed by atoms with Crippen LogP contribution in [0.3, 0.4) is 0 Å². The SMILES string of the molecule is CC(CN)(Nc1cnnc2ccccc12)C1CC1. The Kier molecular flexibility index (Phi) is 2.67. The van der Waals surface area contributed by atoms with Crippen molar-refractivity contribution in [2.45, 2.75) is 25.3 Å². The van der Waals surface area contributed by atoms with Gasteiger partial charge < -0.3 is 11.1 Å². The van der Waals surface area contributed by atoms with Crippen LogP contribution in [0.2, 0.25) is 0 Å². The largest absolute Gasteiger partial charge is 0.376 e. The first-order valence-corrected chi connectivity index (χ1v) is 6.41. The number of nitrogens with zero attached hydrogens (tertiary/aromatic N) is 2. The van der Waals surface area contributed by atoms with Crippen molar-refractivity contribution in [3.05, 3.63) is 30.5 Å². The fourth-order valence-electron chi connectivity index (χ4n) is 2.45. The monoisotopic (exact) mass is 242 g/mol. The molecule has 1 aliphatic carbocycles. The van der Waals surface area contributed by atoms with E-state index in [1.54, 1.807) is 6.20 Å². The molecule has 0 bridgehead atoms. The van der Waals surface area contributed by atoms with Crippen LogP contribution in [0.4, 0.5) is 5.69 Å². The molecule has 0 aliphatic heterocycles. The van der Waals surface area contributed by atoms with Crippen LogP contribution in [0.15, 0.2) is 30.5 Å². The van der Waals surface area contributed by atoms with E-state index in [4.69, 9.17) is 5.73 Å². The van der Waals surface area contributed by atoms with E-state index >= 15 is 0 Å². The van der Waals surface area contributed by atoms with Gasteiger partial charge in [0.1, 0.15) is 0 Å². The number of hydrogen-bond donors (Lipinski definition) is 2. The van der Waals surface area contributed by atoms with Crippen molar-refractivity contribution in [2.24, 2.45) is 11.7 Å². The number of fused-ring (bicyclic) bond motifs is 1. The Hall–Kier alpha value is -1.68. The fraction of sp³-hybridized carbons (Fsp3) is 0.429. The number of nitrogens with two attached hydrogens (primary N) is 1. The summed E-state index contributed by atoms with van der Waals surface area (Å²) in [5, 5.41) is 12.9. The van der Waals surface area contributed by atoms with E-state index in [9.17, 15) is 0 Å². The average Bonchev–Trinajstić information content (AvgIpc) is 3.24. The van der Waals surface area contributed by atoms with Crippen LogP contribution in [0.25, 0.3) is 10.9 Å². The molecule has 1 aromatic heterocycles. The lowest BCUT2D eigenvalue weighted by atomic mass is 9.95. The molecule has 1 aromatic carbocycles. The summed E-state index contributed by atoms with van der Waals surface area (Å²) in [7, 11) is 0. The molecule has 18 heavy (non-hydrogen) atoms. The number of benzene rings is 1. The summed E-state index contributed by atoms with van der Waals surface area (Å²) in [5.74, 6) is 0.675. The molecule has 1 saturated carbocycles. The molecule has 94 valence electrons. The molecular formula is C14H18N4. The van der Waals surface area contributed by atoms with E-state index in [0.29, 0.717) is 12.5 Å². The van der Waals surface area contributed by atoms with E-state index in [2.05, 4.69) is 28.5 Å². The second kappa shape index (κ2) is 4.21. The highest BCUT2D eigenvalue weighted by Gasteiger charge is 2.40. The summed E-state index contributed by atoms with van der Waals surface area (Å²) in [4.78, 5) is 0. The van der Waals surface area contributed by atoms with Gasteiger partial charge in [-0.3, -0.25) is 0 Å². The van der Waals surface area contributed by atoms with Crippen LogP contribution in [-0.2, 0) is 0 Å². The van der Waals surface area contributed by atoms with Gasteiger partial charge in [0.25, 0.3) is 0 Å². The second-order valence-electron chi connectivity index (χ2n) is 5.30. The minimum absolute atomic E-state index is 0.0359. The zero-order chi connectivity index (χ0) is 12.6. The zero-order valence-electron chi connectivity index (χ0n) is 10.6. The third kappa shape index (κ3) is 1.93. The van der Waals surface area contributed by atoms with Gasteiger partial charge in [-0.05, 0) is 31.7 Å². The maximum Gasteiger partial charge on any atom is 0.0950 e. The van der Waals surface area contributed by atoms with Crippen molar-refractivity contribution in [1.82, 2.24) is 10.2 Å². The van der Waals surface area contributed by atoms with Crippen LogP contribution in [-0.4, -0.2) is 22.3 Å². The van der Waals surface area contributed by atoms with E-state index in [0.717, 1.165) is 16.6 Å². The Morgan fingerprint density at radius 3 is 2.89 bits per heavy atom. The molecule has 0 radical (unpaired) electrons. The minimum atomic E-state index is -0.0359. The standard InChI is InChI=1S/C14H18N4/c1-14(9-15,10-6-7-10)17-13-8-16-18-12-5-3-2-4-11(12)13/h2-5,8,10H,6-7,9,15H2,1H3,(H,17,18). The first-order valence-electron chi connectivity index (χ1n) is 6.41. The number of anilines is 1. The highest BCUT2D eigenvalue weighted by atomic mass is 15.1. The molecule has 1 heterocycles. The average molecular weight is 242 g/mol. The Labute approximate surface area is 107 Å². The highest BCUT2D eigenvalue weighted by molar-refractivity contribution is 5.90. The third-order valence-corrected chi connectivity index (χ3v) is 3.87. The van der Waals surface area contributed by atoms with E-state index < -0.39 is 0 Å². The van der Waals surface area contributed by atoms with Crippen LogP contribution in [0, 0.1) is 5.92 Å². The third-order valence-electron chi connectivity index (χ3n) is 3.87. The maximum atomic E-state index is 5.94. The van der Waals surface area contributed by atoms with Crippen molar-refractivity contribution in [2.75, 3.05) is 11.9 Å². The first-order chi connectivity index (χ1) is 8.73. The summed E-state index contributed by atoms with van der Waals surface area (Å²) in [5.41, 5.74) is 7.85. The van der Waals surface area contributed by atoms with Crippen LogP contribution >= 0.6 is 0 Å². The van der Waals surface area contributed by atoms with Gasteiger partial charge in [-0.1, -0.05) is 18.2 Å². The summed E-state index contributed by atoms with van der Waals surface area (Å²) >= 11 is 0. The van der Waals surface area contributed by atoms with Gasteiger partial charge in [-0.2, -0.15) is 10.2 Å². The molecule has 1 unspecified atom stereocenters. The Balaban J connectivity index is 1.99. The smallest absolute Gasteiger partial charge is 0.0950 e. The molecule has 4 heteroatoms. The Bertz CT molecular complexity index is 559. The topological polar surface area (TPSA) is 63.8 Å². The molecule has 3 N–H and O–H groups in total. The van der Waals surface area contributed by atoms with E-state index in [-0.39, 0.29) is 5.54 Å². The number of aromatic nitrogens is 2. The number of rotatable bonds is 4. The predicted octanol–water partition coefficient (Wildman–Crippen LogP) is 2.17. The summed E-state index contributed by atoms with van der Waals surface area (Å²) in [6, 6.07) is 8.04. The Morgan fingerprint density at radius 2 is 2.17 bits per heavy atom. The van der Waals surface area contributed by atoms with Crippen LogP contribution in [0.1, 0.15) is 19.8 Å². The molecule has 0 saturated heterocycles. The van der Waals surface area contributed by atoms with Crippen LogP contribution < -0.4 is 11.1 Å². The second-order valence-corrected chi connectivity index (χ2v) is 5.30. The highest BCUT2D eigenvalue weighted by Crippen LogP contribution is 2.41. The van der Waals surface area contributed by atoms with Gasteiger partial charge in [0.05, 0.1) is 17.4 Å². The molecule has 2 aromatic rings.